The second kappa shape index (κ2) is 15.7. The average molecular weight is 565 g/mol. The fourth-order valence-electron chi connectivity index (χ4n) is 4.29. The van der Waals surface area contributed by atoms with E-state index in [-0.39, 0.29) is 23.8 Å². The minimum absolute atomic E-state index is 0.00406. The third kappa shape index (κ3) is 10.1. The number of nitrogens with one attached hydrogen (secondary N) is 3. The molecule has 1 saturated carbocycles. The first-order valence-corrected chi connectivity index (χ1v) is 14.1. The summed E-state index contributed by atoms with van der Waals surface area (Å²) in [7, 11) is 5.50. The van der Waals surface area contributed by atoms with Gasteiger partial charge in [0, 0.05) is 38.2 Å². The van der Waals surface area contributed by atoms with Crippen LogP contribution in [0.4, 0.5) is 21.8 Å². The minimum atomic E-state index is -0.583. The van der Waals surface area contributed by atoms with Crippen molar-refractivity contribution in [2.45, 2.75) is 58.0 Å². The number of halogens is 1. The first kappa shape index (κ1) is 31.5. The molecule has 0 saturated heterocycles. The Morgan fingerprint density at radius 2 is 2.00 bits per heavy atom. The van der Waals surface area contributed by atoms with Crippen molar-refractivity contribution in [2.24, 2.45) is 5.92 Å². The number of carbonyl (C=O) groups is 2. The Hall–Kier alpha value is -4.04. The Balaban J connectivity index is 1.62. The largest absolute Gasteiger partial charge is 0.369 e. The van der Waals surface area contributed by atoms with Gasteiger partial charge >= 0.3 is 0 Å². The average Bonchev–Trinajstić information content (AvgIpc) is 2.95. The van der Waals surface area contributed by atoms with Crippen LogP contribution in [0.25, 0.3) is 0 Å². The number of amides is 2. The van der Waals surface area contributed by atoms with Crippen LogP contribution in [0.3, 0.4) is 0 Å². The molecule has 0 aromatic carbocycles. The topological polar surface area (TPSA) is 115 Å². The van der Waals surface area contributed by atoms with Crippen LogP contribution >= 0.6 is 0 Å². The molecule has 1 aliphatic rings. The highest BCUT2D eigenvalue weighted by atomic mass is 19.1. The highest BCUT2D eigenvalue weighted by molar-refractivity contribution is 5.92. The van der Waals surface area contributed by atoms with Crippen LogP contribution in [0.1, 0.15) is 51.5 Å². The maximum absolute atomic E-state index is 13.1. The molecule has 0 spiro atoms. The Kier molecular flexibility index (Phi) is 12.0. The van der Waals surface area contributed by atoms with E-state index in [0.717, 1.165) is 38.6 Å². The fourth-order valence-corrected chi connectivity index (χ4v) is 4.29. The number of aromatic nitrogens is 3. The van der Waals surface area contributed by atoms with Gasteiger partial charge in [-0.25, -0.2) is 9.97 Å². The summed E-state index contributed by atoms with van der Waals surface area (Å²) < 4.78 is 13.1. The van der Waals surface area contributed by atoms with Gasteiger partial charge in [0.25, 0.3) is 0 Å². The SMILES string of the molecule is CCCNc1nc(Nc2ccc(F)nc2)ncc1C#C[C@@H]1CCC[C@H](NC(=O)[C@H](C)N(C)C(=O)C=CCN(C)C)C1. The van der Waals surface area contributed by atoms with Gasteiger partial charge in [0.15, 0.2) is 0 Å². The molecule has 3 atom stereocenters. The summed E-state index contributed by atoms with van der Waals surface area (Å²) in [6.07, 6.45) is 10.8. The Bertz CT molecular complexity index is 1260. The maximum atomic E-state index is 13.1. The zero-order valence-electron chi connectivity index (χ0n) is 24.6. The number of anilines is 3. The Labute approximate surface area is 242 Å². The maximum Gasteiger partial charge on any atom is 0.246 e. The van der Waals surface area contributed by atoms with Crippen molar-refractivity contribution in [2.75, 3.05) is 44.9 Å². The first-order valence-electron chi connectivity index (χ1n) is 14.1. The fraction of sp³-hybridized carbons (Fsp3) is 0.500. The third-order valence-electron chi connectivity index (χ3n) is 6.79. The molecule has 0 bridgehead atoms. The number of hydrogen-bond donors (Lipinski definition) is 3. The second-order valence-corrected chi connectivity index (χ2v) is 10.5. The molecule has 2 heterocycles. The van der Waals surface area contributed by atoms with Crippen molar-refractivity contribution >= 4 is 29.3 Å². The van der Waals surface area contributed by atoms with Crippen molar-refractivity contribution in [1.29, 1.82) is 0 Å². The smallest absolute Gasteiger partial charge is 0.246 e. The van der Waals surface area contributed by atoms with E-state index in [9.17, 15) is 14.0 Å². The van der Waals surface area contributed by atoms with Gasteiger partial charge < -0.3 is 25.8 Å². The lowest BCUT2D eigenvalue weighted by Crippen LogP contribution is -2.49. The third-order valence-corrected chi connectivity index (χ3v) is 6.79. The summed E-state index contributed by atoms with van der Waals surface area (Å²) in [6.45, 7) is 5.18. The molecule has 11 heteroatoms. The van der Waals surface area contributed by atoms with E-state index < -0.39 is 12.0 Å². The molecule has 10 nitrogen and oxygen atoms in total. The van der Waals surface area contributed by atoms with Crippen LogP contribution in [0.15, 0.2) is 36.7 Å². The minimum Gasteiger partial charge on any atom is -0.369 e. The molecule has 1 fully saturated rings. The van der Waals surface area contributed by atoms with Crippen LogP contribution in [0, 0.1) is 23.7 Å². The Morgan fingerprint density at radius 1 is 1.20 bits per heavy atom. The standard InChI is InChI=1S/C30H41FN8O2/c1-6-16-32-28-23(19-34-30(37-28)36-25-14-15-26(31)33-20-25)13-12-22-9-7-10-24(18-22)35-29(41)21(2)39(5)27(40)11-8-17-38(3)4/h8,11,14-15,19-22,24H,6-7,9-10,16-18H2,1-5H3,(H,35,41)(H2,32,34,36,37)/t21-,22-,24-/m0/s1. The zero-order chi connectivity index (χ0) is 29.8. The molecule has 0 aliphatic heterocycles. The van der Waals surface area contributed by atoms with E-state index in [1.54, 1.807) is 32.3 Å². The predicted molar refractivity (Wildman–Crippen MR) is 159 cm³/mol. The molecule has 41 heavy (non-hydrogen) atoms. The second-order valence-electron chi connectivity index (χ2n) is 10.5. The number of nitrogens with zero attached hydrogens (tertiary/aromatic N) is 5. The monoisotopic (exact) mass is 564 g/mol. The van der Waals surface area contributed by atoms with E-state index in [1.165, 1.54) is 23.2 Å². The van der Waals surface area contributed by atoms with Crippen molar-refractivity contribution in [3.63, 3.8) is 0 Å². The lowest BCUT2D eigenvalue weighted by molar-refractivity contribution is -0.135. The zero-order valence-corrected chi connectivity index (χ0v) is 24.6. The highest BCUT2D eigenvalue weighted by Gasteiger charge is 2.26. The molecule has 0 radical (unpaired) electrons. The summed E-state index contributed by atoms with van der Waals surface area (Å²) >= 11 is 0. The number of likely N-dealkylation sites (N-methyl/N-ethyl adjacent to an activating group) is 2. The van der Waals surface area contributed by atoms with Crippen molar-refractivity contribution in [1.82, 2.24) is 30.1 Å². The van der Waals surface area contributed by atoms with Gasteiger partial charge in [0.1, 0.15) is 11.9 Å². The van der Waals surface area contributed by atoms with Gasteiger partial charge in [-0.3, -0.25) is 9.59 Å². The van der Waals surface area contributed by atoms with Crippen molar-refractivity contribution in [3.8, 4) is 11.8 Å². The van der Waals surface area contributed by atoms with E-state index in [4.69, 9.17) is 0 Å². The molecule has 3 rings (SSSR count). The molecular formula is C30H41FN8O2. The van der Waals surface area contributed by atoms with Crippen molar-refractivity contribution in [3.05, 3.63) is 48.2 Å². The van der Waals surface area contributed by atoms with Crippen LogP contribution in [-0.4, -0.2) is 82.9 Å². The predicted octanol–water partition coefficient (Wildman–Crippen LogP) is 3.57. The molecule has 220 valence electrons. The summed E-state index contributed by atoms with van der Waals surface area (Å²) in [6, 6.07) is 2.24. The molecule has 2 amide bonds. The van der Waals surface area contributed by atoms with Crippen LogP contribution in [-0.2, 0) is 9.59 Å². The molecule has 3 N–H and O–H groups in total. The molecule has 1 aliphatic carbocycles. The summed E-state index contributed by atoms with van der Waals surface area (Å²) in [5, 5.41) is 9.46. The lowest BCUT2D eigenvalue weighted by Gasteiger charge is -2.30. The van der Waals surface area contributed by atoms with E-state index in [0.29, 0.717) is 29.6 Å². The first-order chi connectivity index (χ1) is 19.7. The normalized spacial score (nSPS) is 17.4. The van der Waals surface area contributed by atoms with Crippen LogP contribution in [0.5, 0.6) is 0 Å². The van der Waals surface area contributed by atoms with Crippen LogP contribution < -0.4 is 16.0 Å². The van der Waals surface area contributed by atoms with Crippen molar-refractivity contribution < 1.29 is 14.0 Å². The lowest BCUT2D eigenvalue weighted by atomic mass is 9.86. The van der Waals surface area contributed by atoms with E-state index in [1.807, 2.05) is 19.0 Å². The van der Waals surface area contributed by atoms with Crippen LogP contribution in [0.2, 0.25) is 0 Å². The molecular weight excluding hydrogens is 523 g/mol. The van der Waals surface area contributed by atoms with E-state index >= 15 is 0 Å². The number of pyridine rings is 1. The Morgan fingerprint density at radius 3 is 2.71 bits per heavy atom. The van der Waals surface area contributed by atoms with Gasteiger partial charge in [-0.2, -0.15) is 9.37 Å². The summed E-state index contributed by atoms with van der Waals surface area (Å²) in [5.41, 5.74) is 1.26. The number of carbonyl (C=O) groups excluding carboxylic acids is 2. The van der Waals surface area contributed by atoms with Gasteiger partial charge in [-0.1, -0.05) is 31.3 Å². The van der Waals surface area contributed by atoms with Gasteiger partial charge in [-0.05, 0) is 58.8 Å². The van der Waals surface area contributed by atoms with Gasteiger partial charge in [0.05, 0.1) is 23.6 Å². The summed E-state index contributed by atoms with van der Waals surface area (Å²) in [4.78, 5) is 41.4. The van der Waals surface area contributed by atoms with Gasteiger partial charge in [-0.15, -0.1) is 0 Å². The highest BCUT2D eigenvalue weighted by Crippen LogP contribution is 2.25. The number of hydrogen-bond acceptors (Lipinski definition) is 8. The van der Waals surface area contributed by atoms with E-state index in [2.05, 4.69) is 49.7 Å². The summed E-state index contributed by atoms with van der Waals surface area (Å²) in [5.74, 6) is 6.77. The van der Waals surface area contributed by atoms with Gasteiger partial charge in [0.2, 0.25) is 23.7 Å². The molecule has 0 unspecified atom stereocenters. The molecule has 2 aromatic heterocycles. The molecule has 2 aromatic rings. The number of rotatable bonds is 11. The quantitative estimate of drug-likeness (QED) is 0.216.